The van der Waals surface area contributed by atoms with Crippen LogP contribution in [-0.4, -0.2) is 41.0 Å². The minimum absolute atomic E-state index is 0.00767. The van der Waals surface area contributed by atoms with Crippen LogP contribution in [0.5, 0.6) is 0 Å². The number of amides is 3. The number of aromatic nitrogens is 1. The molecule has 0 saturated carbocycles. The van der Waals surface area contributed by atoms with Crippen LogP contribution in [0, 0.1) is 0 Å². The van der Waals surface area contributed by atoms with Crippen molar-refractivity contribution in [1.82, 2.24) is 10.3 Å². The summed E-state index contributed by atoms with van der Waals surface area (Å²) in [5, 5.41) is 2.28. The maximum absolute atomic E-state index is 12.1. The second kappa shape index (κ2) is 6.17. The fraction of sp³-hybridized carbons (Fsp3) is 0.529. The number of imide groups is 1. The molecule has 0 aliphatic carbocycles. The number of primary amides is 1. The van der Waals surface area contributed by atoms with Gasteiger partial charge in [-0.05, 0) is 45.7 Å². The van der Waals surface area contributed by atoms with E-state index in [2.05, 4.69) is 10.3 Å². The van der Waals surface area contributed by atoms with E-state index in [9.17, 15) is 14.4 Å². The monoisotopic (exact) mass is 359 g/mol. The van der Waals surface area contributed by atoms with Gasteiger partial charge in [-0.25, -0.2) is 0 Å². The van der Waals surface area contributed by atoms with E-state index in [0.29, 0.717) is 17.6 Å². The Labute approximate surface area is 152 Å². The molecule has 2 aliphatic rings. The number of hydrogen-bond acceptors (Lipinski definition) is 6. The smallest absolute Gasteiger partial charge is 0.398 e. The molecule has 1 atom stereocenters. The fourth-order valence-electron chi connectivity index (χ4n) is 3.05. The van der Waals surface area contributed by atoms with Crippen LogP contribution < -0.4 is 16.6 Å². The highest BCUT2D eigenvalue weighted by Gasteiger charge is 2.52. The summed E-state index contributed by atoms with van der Waals surface area (Å²) >= 11 is 0. The largest absolute Gasteiger partial charge is 0.514 e. The number of pyridine rings is 1. The number of carbonyl (C=O) groups is 3. The van der Waals surface area contributed by atoms with Gasteiger partial charge in [-0.15, -0.1) is 0 Å². The molecule has 0 aromatic carbocycles. The maximum atomic E-state index is 12.1. The molecule has 138 valence electrons. The Morgan fingerprint density at radius 3 is 2.38 bits per heavy atom. The molecule has 2 saturated heterocycles. The van der Waals surface area contributed by atoms with Gasteiger partial charge in [-0.1, -0.05) is 6.07 Å². The molecule has 3 amide bonds. The minimum atomic E-state index is -0.747. The number of hydrogen-bond donors (Lipinski definition) is 2. The summed E-state index contributed by atoms with van der Waals surface area (Å²) in [6.45, 7) is 7.67. The van der Waals surface area contributed by atoms with Crippen LogP contribution in [0.4, 0.5) is 0 Å². The zero-order chi connectivity index (χ0) is 19.3. The number of piperidine rings is 1. The SMILES string of the molecule is CC1(C)OB(c2ccc(C3CCC(=O)NC3=O)c(C(N)=O)n2)OC1(C)C. The Balaban J connectivity index is 1.95. The normalized spacial score (nSPS) is 24.5. The average molecular weight is 359 g/mol. The number of nitrogens with two attached hydrogens (primary N) is 1. The molecule has 0 spiro atoms. The quantitative estimate of drug-likeness (QED) is 0.579. The first-order valence-electron chi connectivity index (χ1n) is 8.52. The summed E-state index contributed by atoms with van der Waals surface area (Å²) in [5.41, 5.74) is 5.20. The van der Waals surface area contributed by atoms with E-state index < -0.39 is 36.1 Å². The van der Waals surface area contributed by atoms with E-state index in [0.717, 1.165) is 0 Å². The predicted molar refractivity (Wildman–Crippen MR) is 93.6 cm³/mol. The van der Waals surface area contributed by atoms with Gasteiger partial charge in [-0.3, -0.25) is 24.7 Å². The molecule has 0 radical (unpaired) electrons. The number of rotatable bonds is 3. The molecule has 2 fully saturated rings. The van der Waals surface area contributed by atoms with Crippen LogP contribution >= 0.6 is 0 Å². The van der Waals surface area contributed by atoms with Crippen LogP contribution in [0.1, 0.15) is 62.5 Å². The van der Waals surface area contributed by atoms with Crippen LogP contribution in [0.3, 0.4) is 0 Å². The van der Waals surface area contributed by atoms with Crippen LogP contribution in [0.25, 0.3) is 0 Å². The van der Waals surface area contributed by atoms with Gasteiger partial charge in [0.1, 0.15) is 5.69 Å². The van der Waals surface area contributed by atoms with Crippen molar-refractivity contribution in [2.24, 2.45) is 5.73 Å². The van der Waals surface area contributed by atoms with Crippen LogP contribution in [0.15, 0.2) is 12.1 Å². The second-order valence-corrected chi connectivity index (χ2v) is 7.63. The van der Waals surface area contributed by atoms with E-state index in [1.165, 1.54) is 0 Å². The molecule has 1 aromatic heterocycles. The number of carbonyl (C=O) groups excluding carboxylic acids is 3. The van der Waals surface area contributed by atoms with Gasteiger partial charge in [0, 0.05) is 6.42 Å². The molecule has 2 aliphatic heterocycles. The lowest BCUT2D eigenvalue weighted by Crippen LogP contribution is -2.42. The van der Waals surface area contributed by atoms with E-state index in [4.69, 9.17) is 15.0 Å². The first-order chi connectivity index (χ1) is 12.0. The van der Waals surface area contributed by atoms with Crippen molar-refractivity contribution in [3.63, 3.8) is 0 Å². The van der Waals surface area contributed by atoms with Crippen molar-refractivity contribution in [2.75, 3.05) is 0 Å². The zero-order valence-corrected chi connectivity index (χ0v) is 15.3. The van der Waals surface area contributed by atoms with Crippen molar-refractivity contribution >= 4 is 30.4 Å². The van der Waals surface area contributed by atoms with Crippen molar-refractivity contribution in [2.45, 2.75) is 57.7 Å². The second-order valence-electron chi connectivity index (χ2n) is 7.63. The average Bonchev–Trinajstić information content (AvgIpc) is 2.75. The molecule has 1 aromatic rings. The van der Waals surface area contributed by atoms with Crippen LogP contribution in [-0.2, 0) is 18.9 Å². The standard InChI is InChI=1S/C17H22BN3O5/c1-16(2)17(3,4)26-18(25-16)11-7-5-9(13(20-11)14(19)23)10-6-8-12(22)21-15(10)24/h5,7,10H,6,8H2,1-4H3,(H2,19,23)(H,21,22,24). The third-order valence-corrected chi connectivity index (χ3v) is 5.29. The lowest BCUT2D eigenvalue weighted by Gasteiger charge is -2.32. The van der Waals surface area contributed by atoms with E-state index in [1.807, 2.05) is 27.7 Å². The Morgan fingerprint density at radius 1 is 1.23 bits per heavy atom. The van der Waals surface area contributed by atoms with Crippen molar-refractivity contribution in [1.29, 1.82) is 0 Å². The van der Waals surface area contributed by atoms with E-state index in [-0.39, 0.29) is 18.0 Å². The van der Waals surface area contributed by atoms with Gasteiger partial charge >= 0.3 is 7.12 Å². The lowest BCUT2D eigenvalue weighted by molar-refractivity contribution is -0.134. The van der Waals surface area contributed by atoms with Gasteiger partial charge in [0.05, 0.1) is 22.7 Å². The van der Waals surface area contributed by atoms with Gasteiger partial charge in [0.15, 0.2) is 0 Å². The molecule has 1 unspecified atom stereocenters. The molecular formula is C17H22BN3O5. The first kappa shape index (κ1) is 18.5. The molecule has 3 heterocycles. The Bertz CT molecular complexity index is 777. The van der Waals surface area contributed by atoms with Gasteiger partial charge in [-0.2, -0.15) is 0 Å². The Kier molecular flexibility index (Phi) is 4.40. The van der Waals surface area contributed by atoms with Crippen molar-refractivity contribution in [3.8, 4) is 0 Å². The summed E-state index contributed by atoms with van der Waals surface area (Å²) in [5.74, 6) is -2.17. The number of nitrogens with zero attached hydrogens (tertiary/aromatic N) is 1. The summed E-state index contributed by atoms with van der Waals surface area (Å²) in [6, 6.07) is 3.29. The maximum Gasteiger partial charge on any atom is 0.514 e. The Hall–Kier alpha value is -2.26. The molecule has 3 rings (SSSR count). The highest BCUT2D eigenvalue weighted by Crippen LogP contribution is 2.36. The van der Waals surface area contributed by atoms with Gasteiger partial charge in [0.2, 0.25) is 11.8 Å². The van der Waals surface area contributed by atoms with Crippen LogP contribution in [0.2, 0.25) is 0 Å². The third-order valence-electron chi connectivity index (χ3n) is 5.29. The Morgan fingerprint density at radius 2 is 1.85 bits per heavy atom. The molecule has 9 heteroatoms. The molecule has 26 heavy (non-hydrogen) atoms. The lowest BCUT2D eigenvalue weighted by atomic mass is 9.82. The topological polar surface area (TPSA) is 121 Å². The van der Waals surface area contributed by atoms with E-state index in [1.54, 1.807) is 12.1 Å². The van der Waals surface area contributed by atoms with Gasteiger partial charge < -0.3 is 15.0 Å². The molecule has 0 bridgehead atoms. The summed E-state index contributed by atoms with van der Waals surface area (Å²) in [6.07, 6.45) is 0.510. The summed E-state index contributed by atoms with van der Waals surface area (Å²) in [4.78, 5) is 39.7. The fourth-order valence-corrected chi connectivity index (χ4v) is 3.05. The van der Waals surface area contributed by atoms with E-state index >= 15 is 0 Å². The van der Waals surface area contributed by atoms with Crippen molar-refractivity contribution < 1.29 is 23.7 Å². The zero-order valence-electron chi connectivity index (χ0n) is 15.3. The third kappa shape index (κ3) is 3.12. The highest BCUT2D eigenvalue weighted by molar-refractivity contribution is 6.61. The molecule has 3 N–H and O–H groups in total. The minimum Gasteiger partial charge on any atom is -0.398 e. The van der Waals surface area contributed by atoms with Crippen molar-refractivity contribution in [3.05, 3.63) is 23.4 Å². The molecular weight excluding hydrogens is 337 g/mol. The number of nitrogens with one attached hydrogen (secondary N) is 1. The highest BCUT2D eigenvalue weighted by atomic mass is 16.7. The molecule has 8 nitrogen and oxygen atoms in total. The summed E-state index contributed by atoms with van der Waals surface area (Å²) < 4.78 is 11.9. The van der Waals surface area contributed by atoms with Gasteiger partial charge in [0.25, 0.3) is 5.91 Å². The summed E-state index contributed by atoms with van der Waals surface area (Å²) in [7, 11) is -0.742. The predicted octanol–water partition coefficient (Wildman–Crippen LogP) is -0.0001000. The first-order valence-corrected chi connectivity index (χ1v) is 8.52.